The summed E-state index contributed by atoms with van der Waals surface area (Å²) in [6, 6.07) is 8.39. The highest BCUT2D eigenvalue weighted by Crippen LogP contribution is 2.08. The van der Waals surface area contributed by atoms with Crippen molar-refractivity contribution in [1.29, 1.82) is 0 Å². The van der Waals surface area contributed by atoms with E-state index in [1.54, 1.807) is 0 Å². The van der Waals surface area contributed by atoms with E-state index in [0.717, 1.165) is 32.7 Å². The number of nitrogens with zero attached hydrogens (tertiary/aromatic N) is 2. The number of hydrogen-bond acceptors (Lipinski definition) is 3. The monoisotopic (exact) mass is 275 g/mol. The van der Waals surface area contributed by atoms with Gasteiger partial charge in [0.2, 0.25) is 5.91 Å². The Morgan fingerprint density at radius 1 is 1.35 bits per heavy atom. The summed E-state index contributed by atoms with van der Waals surface area (Å²) >= 11 is 0. The fourth-order valence-electron chi connectivity index (χ4n) is 2.57. The summed E-state index contributed by atoms with van der Waals surface area (Å²) < 4.78 is 0. The van der Waals surface area contributed by atoms with E-state index >= 15 is 0 Å². The Bertz CT molecular complexity index is 441. The minimum absolute atomic E-state index is 0.232. The SMILES string of the molecule is CCN(Cc1cccc(C)c1)C(=O)CN1CCNCC1. The molecule has 0 saturated carbocycles. The van der Waals surface area contributed by atoms with Crippen LogP contribution in [-0.4, -0.2) is 55.0 Å². The summed E-state index contributed by atoms with van der Waals surface area (Å²) in [4.78, 5) is 16.6. The molecule has 1 heterocycles. The molecule has 20 heavy (non-hydrogen) atoms. The average molecular weight is 275 g/mol. The Kier molecular flexibility index (Phi) is 5.56. The van der Waals surface area contributed by atoms with Crippen molar-refractivity contribution in [3.63, 3.8) is 0 Å². The number of hydrogen-bond donors (Lipinski definition) is 1. The second-order valence-corrected chi connectivity index (χ2v) is 5.42. The summed E-state index contributed by atoms with van der Waals surface area (Å²) in [5.74, 6) is 0.232. The molecule has 0 aliphatic carbocycles. The zero-order chi connectivity index (χ0) is 14.4. The maximum atomic E-state index is 12.4. The van der Waals surface area contributed by atoms with Crippen LogP contribution in [0.1, 0.15) is 18.1 Å². The molecule has 1 N–H and O–H groups in total. The molecule has 1 fully saturated rings. The highest BCUT2D eigenvalue weighted by atomic mass is 16.2. The third-order valence-electron chi connectivity index (χ3n) is 3.76. The third-order valence-corrected chi connectivity index (χ3v) is 3.76. The third kappa shape index (κ3) is 4.32. The number of amides is 1. The van der Waals surface area contributed by atoms with Crippen LogP contribution in [0.2, 0.25) is 0 Å². The van der Waals surface area contributed by atoms with Gasteiger partial charge in [0.15, 0.2) is 0 Å². The Morgan fingerprint density at radius 3 is 2.75 bits per heavy atom. The van der Waals surface area contributed by atoms with Gasteiger partial charge in [-0.3, -0.25) is 9.69 Å². The Morgan fingerprint density at radius 2 is 2.10 bits per heavy atom. The molecule has 1 aliphatic rings. The highest BCUT2D eigenvalue weighted by Gasteiger charge is 2.17. The topological polar surface area (TPSA) is 35.6 Å². The number of nitrogens with one attached hydrogen (secondary N) is 1. The fraction of sp³-hybridized carbons (Fsp3) is 0.562. The van der Waals surface area contributed by atoms with Gasteiger partial charge in [0.05, 0.1) is 6.54 Å². The smallest absolute Gasteiger partial charge is 0.237 e. The van der Waals surface area contributed by atoms with Crippen LogP contribution in [-0.2, 0) is 11.3 Å². The van der Waals surface area contributed by atoms with Gasteiger partial charge < -0.3 is 10.2 Å². The van der Waals surface area contributed by atoms with Gasteiger partial charge in [-0.2, -0.15) is 0 Å². The predicted octanol–water partition coefficient (Wildman–Crippen LogP) is 1.25. The van der Waals surface area contributed by atoms with Gasteiger partial charge in [0, 0.05) is 39.3 Å². The number of benzene rings is 1. The molecule has 110 valence electrons. The quantitative estimate of drug-likeness (QED) is 0.878. The molecule has 1 aromatic rings. The van der Waals surface area contributed by atoms with Gasteiger partial charge in [-0.1, -0.05) is 29.8 Å². The van der Waals surface area contributed by atoms with E-state index in [4.69, 9.17) is 0 Å². The zero-order valence-corrected chi connectivity index (χ0v) is 12.6. The maximum Gasteiger partial charge on any atom is 0.237 e. The first-order valence-electron chi connectivity index (χ1n) is 7.45. The van der Waals surface area contributed by atoms with Crippen molar-refractivity contribution >= 4 is 5.91 Å². The average Bonchev–Trinajstić information content (AvgIpc) is 2.46. The van der Waals surface area contributed by atoms with Gasteiger partial charge in [0.25, 0.3) is 0 Å². The molecule has 1 aliphatic heterocycles. The van der Waals surface area contributed by atoms with Crippen LogP contribution >= 0.6 is 0 Å². The number of rotatable bonds is 5. The van der Waals surface area contributed by atoms with Crippen molar-refractivity contribution in [2.75, 3.05) is 39.3 Å². The predicted molar refractivity (Wildman–Crippen MR) is 81.6 cm³/mol. The van der Waals surface area contributed by atoms with Crippen LogP contribution in [0.15, 0.2) is 24.3 Å². The van der Waals surface area contributed by atoms with Crippen molar-refractivity contribution in [2.24, 2.45) is 0 Å². The van der Waals surface area contributed by atoms with E-state index in [0.29, 0.717) is 13.1 Å². The molecule has 4 nitrogen and oxygen atoms in total. The number of aryl methyl sites for hydroxylation is 1. The second kappa shape index (κ2) is 7.41. The van der Waals surface area contributed by atoms with E-state index in [9.17, 15) is 4.79 Å². The number of piperazine rings is 1. The Hall–Kier alpha value is -1.39. The van der Waals surface area contributed by atoms with Crippen LogP contribution in [0.3, 0.4) is 0 Å². The lowest BCUT2D eigenvalue weighted by Crippen LogP contribution is -2.48. The van der Waals surface area contributed by atoms with E-state index in [-0.39, 0.29) is 5.91 Å². The van der Waals surface area contributed by atoms with Crippen molar-refractivity contribution < 1.29 is 4.79 Å². The van der Waals surface area contributed by atoms with Crippen molar-refractivity contribution in [1.82, 2.24) is 15.1 Å². The molecule has 0 unspecified atom stereocenters. The summed E-state index contributed by atoms with van der Waals surface area (Å²) in [7, 11) is 0. The maximum absolute atomic E-state index is 12.4. The first kappa shape index (κ1) is 15.0. The number of carbonyl (C=O) groups excluding carboxylic acids is 1. The Balaban J connectivity index is 1.91. The highest BCUT2D eigenvalue weighted by molar-refractivity contribution is 5.78. The molecule has 0 radical (unpaired) electrons. The van der Waals surface area contributed by atoms with Crippen LogP contribution < -0.4 is 5.32 Å². The standard InChI is InChI=1S/C16H25N3O/c1-3-19(12-15-6-4-5-14(2)11-15)16(20)13-18-9-7-17-8-10-18/h4-6,11,17H,3,7-10,12-13H2,1-2H3. The van der Waals surface area contributed by atoms with Crippen molar-refractivity contribution in [2.45, 2.75) is 20.4 Å². The van der Waals surface area contributed by atoms with Crippen molar-refractivity contribution in [3.05, 3.63) is 35.4 Å². The summed E-state index contributed by atoms with van der Waals surface area (Å²) in [6.07, 6.45) is 0. The lowest BCUT2D eigenvalue weighted by molar-refractivity contribution is -0.133. The fourth-order valence-corrected chi connectivity index (χ4v) is 2.57. The lowest BCUT2D eigenvalue weighted by Gasteiger charge is -2.29. The van der Waals surface area contributed by atoms with E-state index in [2.05, 4.69) is 41.4 Å². The molecule has 1 saturated heterocycles. The van der Waals surface area contributed by atoms with Crippen LogP contribution in [0.25, 0.3) is 0 Å². The largest absolute Gasteiger partial charge is 0.338 e. The first-order valence-corrected chi connectivity index (χ1v) is 7.45. The molecule has 0 atom stereocenters. The minimum atomic E-state index is 0.232. The summed E-state index contributed by atoms with van der Waals surface area (Å²) in [5.41, 5.74) is 2.45. The molecule has 1 aromatic carbocycles. The molecule has 4 heteroatoms. The molecule has 1 amide bonds. The van der Waals surface area contributed by atoms with E-state index in [1.807, 2.05) is 11.8 Å². The van der Waals surface area contributed by atoms with Crippen LogP contribution in [0.4, 0.5) is 0 Å². The van der Waals surface area contributed by atoms with E-state index < -0.39 is 0 Å². The molecule has 0 spiro atoms. The van der Waals surface area contributed by atoms with Crippen LogP contribution in [0.5, 0.6) is 0 Å². The molecular weight excluding hydrogens is 250 g/mol. The second-order valence-electron chi connectivity index (χ2n) is 5.42. The lowest BCUT2D eigenvalue weighted by atomic mass is 10.1. The summed E-state index contributed by atoms with van der Waals surface area (Å²) in [5, 5.41) is 3.31. The molecule has 0 bridgehead atoms. The minimum Gasteiger partial charge on any atom is -0.338 e. The van der Waals surface area contributed by atoms with Gasteiger partial charge >= 0.3 is 0 Å². The molecule has 2 rings (SSSR count). The molecular formula is C16H25N3O. The van der Waals surface area contributed by atoms with E-state index in [1.165, 1.54) is 11.1 Å². The van der Waals surface area contributed by atoms with Gasteiger partial charge in [-0.05, 0) is 19.4 Å². The molecule has 0 aromatic heterocycles. The normalized spacial score (nSPS) is 16.1. The summed E-state index contributed by atoms with van der Waals surface area (Å²) in [6.45, 7) is 10.0. The van der Waals surface area contributed by atoms with Gasteiger partial charge in [-0.15, -0.1) is 0 Å². The number of likely N-dealkylation sites (N-methyl/N-ethyl adjacent to an activating group) is 1. The van der Waals surface area contributed by atoms with Crippen LogP contribution in [0, 0.1) is 6.92 Å². The zero-order valence-electron chi connectivity index (χ0n) is 12.6. The van der Waals surface area contributed by atoms with Gasteiger partial charge in [-0.25, -0.2) is 0 Å². The van der Waals surface area contributed by atoms with Gasteiger partial charge in [0.1, 0.15) is 0 Å². The number of carbonyl (C=O) groups is 1. The Labute approximate surface area is 121 Å². The van der Waals surface area contributed by atoms with Crippen molar-refractivity contribution in [3.8, 4) is 0 Å². The first-order chi connectivity index (χ1) is 9.69.